The lowest BCUT2D eigenvalue weighted by molar-refractivity contribution is -0.128. The topological polar surface area (TPSA) is 49.3 Å². The van der Waals surface area contributed by atoms with Crippen LogP contribution < -0.4 is 4.90 Å². The van der Waals surface area contributed by atoms with Crippen molar-refractivity contribution in [1.82, 2.24) is 15.1 Å². The van der Waals surface area contributed by atoms with E-state index in [0.29, 0.717) is 5.75 Å². The van der Waals surface area contributed by atoms with Gasteiger partial charge in [-0.15, -0.1) is 5.10 Å². The van der Waals surface area contributed by atoms with Crippen LogP contribution in [0.3, 0.4) is 0 Å². The Morgan fingerprint density at radius 1 is 1.39 bits per heavy atom. The Bertz CT molecular complexity index is 387. The lowest BCUT2D eigenvalue weighted by Crippen LogP contribution is -2.36. The first-order chi connectivity index (χ1) is 8.81. The van der Waals surface area contributed by atoms with Crippen LogP contribution in [0.4, 0.5) is 5.82 Å². The van der Waals surface area contributed by atoms with Crippen LogP contribution in [0.1, 0.15) is 6.42 Å². The minimum atomic E-state index is 0.239. The maximum Gasteiger partial charge on any atom is 0.232 e. The first kappa shape index (κ1) is 13.1. The third kappa shape index (κ3) is 3.35. The molecular formula is C12H18N4OS. The molecule has 0 spiro atoms. The van der Waals surface area contributed by atoms with Crippen molar-refractivity contribution in [3.8, 4) is 0 Å². The number of amides is 1. The molecule has 0 aliphatic carbocycles. The van der Waals surface area contributed by atoms with Crippen LogP contribution in [-0.2, 0) is 4.79 Å². The molecule has 1 aromatic heterocycles. The summed E-state index contributed by atoms with van der Waals surface area (Å²) in [7, 11) is 0. The zero-order valence-corrected chi connectivity index (χ0v) is 11.4. The van der Waals surface area contributed by atoms with Gasteiger partial charge in [0.2, 0.25) is 5.91 Å². The second kappa shape index (κ2) is 6.58. The van der Waals surface area contributed by atoms with Gasteiger partial charge in [0.15, 0.2) is 5.82 Å². The van der Waals surface area contributed by atoms with Gasteiger partial charge in [0.25, 0.3) is 0 Å². The molecule has 1 fully saturated rings. The molecule has 1 aliphatic rings. The largest absolute Gasteiger partial charge is 0.353 e. The molecule has 5 nitrogen and oxygen atoms in total. The monoisotopic (exact) mass is 266 g/mol. The summed E-state index contributed by atoms with van der Waals surface area (Å²) in [5.41, 5.74) is 0. The van der Waals surface area contributed by atoms with Crippen LogP contribution in [0.5, 0.6) is 0 Å². The van der Waals surface area contributed by atoms with Crippen molar-refractivity contribution >= 4 is 23.5 Å². The van der Waals surface area contributed by atoms with Gasteiger partial charge in [-0.25, -0.2) is 0 Å². The average molecular weight is 266 g/mol. The van der Waals surface area contributed by atoms with E-state index < -0.39 is 0 Å². The van der Waals surface area contributed by atoms with Crippen molar-refractivity contribution in [1.29, 1.82) is 0 Å². The zero-order valence-electron chi connectivity index (χ0n) is 10.6. The highest BCUT2D eigenvalue weighted by atomic mass is 32.2. The van der Waals surface area contributed by atoms with E-state index in [-0.39, 0.29) is 5.91 Å². The summed E-state index contributed by atoms with van der Waals surface area (Å²) in [6.07, 6.45) is 4.62. The molecule has 0 aromatic carbocycles. The average Bonchev–Trinajstić information content (AvgIpc) is 2.66. The number of aromatic nitrogens is 2. The lowest BCUT2D eigenvalue weighted by atomic mass is 10.3. The van der Waals surface area contributed by atoms with E-state index in [4.69, 9.17) is 0 Å². The Morgan fingerprint density at radius 3 is 3.00 bits per heavy atom. The van der Waals surface area contributed by atoms with Crippen molar-refractivity contribution < 1.29 is 4.79 Å². The predicted molar refractivity (Wildman–Crippen MR) is 73.8 cm³/mol. The number of carbonyl (C=O) groups excluding carboxylic acids is 1. The summed E-state index contributed by atoms with van der Waals surface area (Å²) >= 11 is 1.58. The van der Waals surface area contributed by atoms with Crippen molar-refractivity contribution in [2.24, 2.45) is 0 Å². The summed E-state index contributed by atoms with van der Waals surface area (Å²) in [4.78, 5) is 16.0. The Kier molecular flexibility index (Phi) is 4.81. The second-order valence-corrected chi connectivity index (χ2v) is 5.10. The van der Waals surface area contributed by atoms with E-state index in [1.165, 1.54) is 0 Å². The van der Waals surface area contributed by atoms with Gasteiger partial charge < -0.3 is 9.80 Å². The Balaban J connectivity index is 1.94. The smallest absolute Gasteiger partial charge is 0.232 e. The van der Waals surface area contributed by atoms with E-state index in [2.05, 4.69) is 15.1 Å². The van der Waals surface area contributed by atoms with E-state index in [0.717, 1.165) is 38.4 Å². The zero-order chi connectivity index (χ0) is 12.8. The number of hydrogen-bond donors (Lipinski definition) is 0. The van der Waals surface area contributed by atoms with Crippen molar-refractivity contribution in [2.75, 3.05) is 43.1 Å². The third-order valence-electron chi connectivity index (χ3n) is 3.00. The van der Waals surface area contributed by atoms with Crippen LogP contribution in [0.25, 0.3) is 0 Å². The molecule has 2 heterocycles. The molecule has 0 radical (unpaired) electrons. The minimum absolute atomic E-state index is 0.239. The van der Waals surface area contributed by atoms with E-state index >= 15 is 0 Å². The first-order valence-electron chi connectivity index (χ1n) is 6.10. The maximum atomic E-state index is 11.9. The molecule has 0 atom stereocenters. The fraction of sp³-hybridized carbons (Fsp3) is 0.583. The second-order valence-electron chi connectivity index (χ2n) is 4.24. The van der Waals surface area contributed by atoms with E-state index in [1.54, 1.807) is 18.0 Å². The van der Waals surface area contributed by atoms with Gasteiger partial charge in [0.1, 0.15) is 0 Å². The van der Waals surface area contributed by atoms with Crippen molar-refractivity contribution in [3.05, 3.63) is 18.3 Å². The summed E-state index contributed by atoms with van der Waals surface area (Å²) in [5, 5.41) is 8.02. The molecule has 0 bridgehead atoms. The van der Waals surface area contributed by atoms with E-state index in [1.807, 2.05) is 23.3 Å². The predicted octanol–water partition coefficient (Wildman–Crippen LogP) is 0.878. The molecule has 0 unspecified atom stereocenters. The third-order valence-corrected chi connectivity index (χ3v) is 3.53. The number of anilines is 1. The molecule has 1 amide bonds. The van der Waals surface area contributed by atoms with Crippen LogP contribution in [-0.4, -0.2) is 59.2 Å². The van der Waals surface area contributed by atoms with Crippen molar-refractivity contribution in [3.63, 3.8) is 0 Å². The summed E-state index contributed by atoms with van der Waals surface area (Å²) in [6, 6.07) is 3.86. The van der Waals surface area contributed by atoms with Gasteiger partial charge in [-0.1, -0.05) is 0 Å². The van der Waals surface area contributed by atoms with Gasteiger partial charge >= 0.3 is 0 Å². The molecule has 18 heavy (non-hydrogen) atoms. The van der Waals surface area contributed by atoms with Crippen molar-refractivity contribution in [2.45, 2.75) is 6.42 Å². The number of thioether (sulfide) groups is 1. The van der Waals surface area contributed by atoms with Crippen LogP contribution in [0.2, 0.25) is 0 Å². The standard InChI is InChI=1S/C12H18N4OS/c1-18-10-12(17)16-7-3-6-15(8-9-16)11-4-2-5-13-14-11/h2,4-5H,3,6-10H2,1H3. The first-order valence-corrected chi connectivity index (χ1v) is 7.50. The Labute approximate surface area is 112 Å². The fourth-order valence-corrected chi connectivity index (χ4v) is 2.50. The highest BCUT2D eigenvalue weighted by Gasteiger charge is 2.19. The minimum Gasteiger partial charge on any atom is -0.353 e. The number of rotatable bonds is 3. The van der Waals surface area contributed by atoms with Gasteiger partial charge in [-0.2, -0.15) is 16.9 Å². The van der Waals surface area contributed by atoms with Gasteiger partial charge in [0.05, 0.1) is 5.75 Å². The van der Waals surface area contributed by atoms with Gasteiger partial charge in [-0.3, -0.25) is 4.79 Å². The molecule has 6 heteroatoms. The van der Waals surface area contributed by atoms with Gasteiger partial charge in [-0.05, 0) is 24.8 Å². The van der Waals surface area contributed by atoms with Crippen LogP contribution >= 0.6 is 11.8 Å². The molecule has 0 N–H and O–H groups in total. The molecule has 0 saturated carbocycles. The Hall–Kier alpha value is -1.30. The van der Waals surface area contributed by atoms with Crippen LogP contribution in [0.15, 0.2) is 18.3 Å². The number of hydrogen-bond acceptors (Lipinski definition) is 5. The molecule has 1 aromatic rings. The highest BCUT2D eigenvalue weighted by molar-refractivity contribution is 7.99. The maximum absolute atomic E-state index is 11.9. The summed E-state index contributed by atoms with van der Waals surface area (Å²) < 4.78 is 0. The SMILES string of the molecule is CSCC(=O)N1CCCN(c2cccnn2)CC1. The van der Waals surface area contributed by atoms with E-state index in [9.17, 15) is 4.79 Å². The molecular weight excluding hydrogens is 248 g/mol. The molecule has 1 saturated heterocycles. The number of nitrogens with zero attached hydrogens (tertiary/aromatic N) is 4. The van der Waals surface area contributed by atoms with Crippen LogP contribution in [0, 0.1) is 0 Å². The quantitative estimate of drug-likeness (QED) is 0.813. The molecule has 2 rings (SSSR count). The Morgan fingerprint density at radius 2 is 2.28 bits per heavy atom. The fourth-order valence-electron chi connectivity index (χ4n) is 2.07. The molecule has 98 valence electrons. The summed E-state index contributed by atoms with van der Waals surface area (Å²) in [6.45, 7) is 3.38. The molecule has 1 aliphatic heterocycles. The summed E-state index contributed by atoms with van der Waals surface area (Å²) in [5.74, 6) is 1.71. The highest BCUT2D eigenvalue weighted by Crippen LogP contribution is 2.12. The number of carbonyl (C=O) groups is 1. The lowest BCUT2D eigenvalue weighted by Gasteiger charge is -2.22. The normalized spacial score (nSPS) is 16.5. The van der Waals surface area contributed by atoms with Gasteiger partial charge in [0, 0.05) is 32.4 Å².